The first kappa shape index (κ1) is 14.3. The molecular formula is C13H15ClN2O2. The lowest BCUT2D eigenvalue weighted by atomic mass is 10.4. The lowest BCUT2D eigenvalue weighted by Crippen LogP contribution is -2.36. The molecule has 0 N–H and O–H groups in total. The van der Waals surface area contributed by atoms with Gasteiger partial charge in [0.2, 0.25) is 5.91 Å². The van der Waals surface area contributed by atoms with Crippen molar-refractivity contribution in [3.05, 3.63) is 59.0 Å². The number of halogens is 1. The molecule has 1 heterocycles. The normalized spacial score (nSPS) is 9.83. The summed E-state index contributed by atoms with van der Waals surface area (Å²) in [5, 5.41) is 0.418. The van der Waals surface area contributed by atoms with Crippen LogP contribution in [0.3, 0.4) is 0 Å². The highest BCUT2D eigenvalue weighted by Crippen LogP contribution is 2.03. The molecule has 0 unspecified atom stereocenters. The van der Waals surface area contributed by atoms with Crippen LogP contribution in [0.15, 0.2) is 48.4 Å². The Morgan fingerprint density at radius 2 is 1.94 bits per heavy atom. The third-order valence-electron chi connectivity index (χ3n) is 2.30. The fourth-order valence-corrected chi connectivity index (χ4v) is 1.64. The van der Waals surface area contributed by atoms with E-state index >= 15 is 0 Å². The van der Waals surface area contributed by atoms with Gasteiger partial charge in [-0.05, 0) is 6.07 Å². The van der Waals surface area contributed by atoms with Crippen molar-refractivity contribution in [2.24, 2.45) is 0 Å². The predicted molar refractivity (Wildman–Crippen MR) is 72.7 cm³/mol. The van der Waals surface area contributed by atoms with E-state index in [-0.39, 0.29) is 18.0 Å². The summed E-state index contributed by atoms with van der Waals surface area (Å²) in [4.78, 5) is 25.1. The van der Waals surface area contributed by atoms with Crippen molar-refractivity contribution >= 4 is 17.5 Å². The van der Waals surface area contributed by atoms with E-state index in [1.54, 1.807) is 17.1 Å². The molecule has 1 aromatic heterocycles. The minimum absolute atomic E-state index is 0.0406. The highest BCUT2D eigenvalue weighted by Gasteiger charge is 2.11. The van der Waals surface area contributed by atoms with E-state index in [4.69, 9.17) is 11.6 Å². The van der Waals surface area contributed by atoms with E-state index < -0.39 is 0 Å². The third kappa shape index (κ3) is 3.89. The predicted octanol–water partition coefficient (Wildman–Crippen LogP) is 1.70. The molecule has 0 bridgehead atoms. The van der Waals surface area contributed by atoms with Crippen LogP contribution in [0, 0.1) is 0 Å². The summed E-state index contributed by atoms with van der Waals surface area (Å²) in [5.74, 6) is -0.181. The van der Waals surface area contributed by atoms with Gasteiger partial charge >= 0.3 is 0 Å². The van der Waals surface area contributed by atoms with E-state index in [2.05, 4.69) is 13.2 Å². The highest BCUT2D eigenvalue weighted by atomic mass is 35.5. The van der Waals surface area contributed by atoms with Gasteiger partial charge in [0.05, 0.1) is 5.02 Å². The van der Waals surface area contributed by atoms with Crippen LogP contribution in [0.1, 0.15) is 0 Å². The van der Waals surface area contributed by atoms with Gasteiger partial charge in [0.25, 0.3) is 5.56 Å². The van der Waals surface area contributed by atoms with Crippen molar-refractivity contribution < 1.29 is 4.79 Å². The number of carbonyl (C=O) groups is 1. The average Bonchev–Trinajstić information content (AvgIpc) is 2.33. The van der Waals surface area contributed by atoms with E-state index in [0.29, 0.717) is 18.1 Å². The van der Waals surface area contributed by atoms with Crippen LogP contribution in [0.2, 0.25) is 5.02 Å². The highest BCUT2D eigenvalue weighted by molar-refractivity contribution is 6.30. The van der Waals surface area contributed by atoms with E-state index in [0.717, 1.165) is 0 Å². The van der Waals surface area contributed by atoms with Gasteiger partial charge in [0.15, 0.2) is 0 Å². The Morgan fingerprint density at radius 3 is 2.50 bits per heavy atom. The molecule has 5 heteroatoms. The summed E-state index contributed by atoms with van der Waals surface area (Å²) in [6, 6.07) is 2.83. The molecule has 0 fully saturated rings. The summed E-state index contributed by atoms with van der Waals surface area (Å²) in [6.07, 6.45) is 4.70. The topological polar surface area (TPSA) is 42.3 Å². The molecule has 0 aromatic carbocycles. The van der Waals surface area contributed by atoms with Crippen molar-refractivity contribution in [2.75, 3.05) is 13.1 Å². The zero-order valence-corrected chi connectivity index (χ0v) is 10.8. The Hall–Kier alpha value is -1.81. The average molecular weight is 267 g/mol. The number of rotatable bonds is 6. The van der Waals surface area contributed by atoms with Gasteiger partial charge in [-0.3, -0.25) is 9.59 Å². The van der Waals surface area contributed by atoms with Crippen LogP contribution in [0.4, 0.5) is 0 Å². The fourth-order valence-electron chi connectivity index (χ4n) is 1.46. The summed E-state index contributed by atoms with van der Waals surface area (Å²) in [6.45, 7) is 7.97. The van der Waals surface area contributed by atoms with Crippen molar-refractivity contribution in [2.45, 2.75) is 6.54 Å². The van der Waals surface area contributed by atoms with Crippen molar-refractivity contribution in [3.8, 4) is 0 Å². The van der Waals surface area contributed by atoms with Crippen LogP contribution in [0.5, 0.6) is 0 Å². The first-order valence-corrected chi connectivity index (χ1v) is 5.82. The smallest absolute Gasteiger partial charge is 0.251 e. The summed E-state index contributed by atoms with van der Waals surface area (Å²) >= 11 is 5.79. The van der Waals surface area contributed by atoms with Gasteiger partial charge in [-0.2, -0.15) is 0 Å². The summed E-state index contributed by atoms with van der Waals surface area (Å²) in [5.41, 5.74) is -0.259. The SMILES string of the molecule is C=CCN(CC=C)C(=O)Cn1cc(Cl)ccc1=O. The Kier molecular flexibility index (Phi) is 5.39. The molecule has 0 saturated heterocycles. The number of carbonyl (C=O) groups excluding carboxylic acids is 1. The van der Waals surface area contributed by atoms with Gasteiger partial charge in [0, 0.05) is 25.4 Å². The van der Waals surface area contributed by atoms with Crippen LogP contribution >= 0.6 is 11.6 Å². The maximum absolute atomic E-state index is 12.0. The number of nitrogens with zero attached hydrogens (tertiary/aromatic N) is 2. The maximum atomic E-state index is 12.0. The second-order valence-corrected chi connectivity index (χ2v) is 4.13. The molecule has 1 aromatic rings. The second-order valence-electron chi connectivity index (χ2n) is 3.69. The van der Waals surface area contributed by atoms with Crippen molar-refractivity contribution in [3.63, 3.8) is 0 Å². The van der Waals surface area contributed by atoms with Crippen LogP contribution in [0.25, 0.3) is 0 Å². The molecular weight excluding hydrogens is 252 g/mol. The second kappa shape index (κ2) is 6.81. The lowest BCUT2D eigenvalue weighted by molar-refractivity contribution is -0.130. The van der Waals surface area contributed by atoms with Gasteiger partial charge in [-0.25, -0.2) is 0 Å². The largest absolute Gasteiger partial charge is 0.334 e. The molecule has 0 aliphatic rings. The monoisotopic (exact) mass is 266 g/mol. The number of hydrogen-bond acceptors (Lipinski definition) is 2. The fraction of sp³-hybridized carbons (Fsp3) is 0.231. The zero-order chi connectivity index (χ0) is 13.5. The Balaban J connectivity index is 2.84. The molecule has 0 saturated carbocycles. The van der Waals surface area contributed by atoms with Crippen LogP contribution in [-0.4, -0.2) is 28.5 Å². The van der Waals surface area contributed by atoms with Crippen molar-refractivity contribution in [1.29, 1.82) is 0 Å². The number of amides is 1. The standard InChI is InChI=1S/C13H15ClN2O2/c1-3-7-15(8-4-2)13(18)10-16-9-11(14)5-6-12(16)17/h3-6,9H,1-2,7-8,10H2. The summed E-state index contributed by atoms with van der Waals surface area (Å²) < 4.78 is 1.28. The molecule has 0 aliphatic carbocycles. The van der Waals surface area contributed by atoms with Gasteiger partial charge < -0.3 is 9.47 Å². The van der Waals surface area contributed by atoms with E-state index in [1.165, 1.54) is 22.9 Å². The first-order chi connectivity index (χ1) is 8.58. The van der Waals surface area contributed by atoms with E-state index in [9.17, 15) is 9.59 Å². The number of pyridine rings is 1. The van der Waals surface area contributed by atoms with Crippen LogP contribution in [-0.2, 0) is 11.3 Å². The molecule has 1 amide bonds. The van der Waals surface area contributed by atoms with Crippen LogP contribution < -0.4 is 5.56 Å². The Morgan fingerprint density at radius 1 is 1.33 bits per heavy atom. The number of aromatic nitrogens is 1. The number of hydrogen-bond donors (Lipinski definition) is 0. The molecule has 0 spiro atoms. The molecule has 18 heavy (non-hydrogen) atoms. The quantitative estimate of drug-likeness (QED) is 0.736. The zero-order valence-electron chi connectivity index (χ0n) is 10.0. The molecule has 0 atom stereocenters. The molecule has 0 aliphatic heterocycles. The third-order valence-corrected chi connectivity index (χ3v) is 2.53. The Labute approximate surface area is 111 Å². The lowest BCUT2D eigenvalue weighted by Gasteiger charge is -2.19. The van der Waals surface area contributed by atoms with Gasteiger partial charge in [-0.1, -0.05) is 23.8 Å². The summed E-state index contributed by atoms with van der Waals surface area (Å²) in [7, 11) is 0. The van der Waals surface area contributed by atoms with Gasteiger partial charge in [0.1, 0.15) is 6.54 Å². The molecule has 96 valence electrons. The minimum Gasteiger partial charge on any atom is -0.334 e. The molecule has 4 nitrogen and oxygen atoms in total. The minimum atomic E-state index is -0.259. The molecule has 1 rings (SSSR count). The molecule has 0 radical (unpaired) electrons. The maximum Gasteiger partial charge on any atom is 0.251 e. The van der Waals surface area contributed by atoms with Crippen molar-refractivity contribution in [1.82, 2.24) is 9.47 Å². The Bertz CT molecular complexity index is 498. The first-order valence-electron chi connectivity index (χ1n) is 5.44. The van der Waals surface area contributed by atoms with Gasteiger partial charge in [-0.15, -0.1) is 13.2 Å². The van der Waals surface area contributed by atoms with E-state index in [1.807, 2.05) is 0 Å².